The van der Waals surface area contributed by atoms with Crippen LogP contribution in [0.2, 0.25) is 0 Å². The average Bonchev–Trinajstić information content (AvgIpc) is 2.95. The molecule has 1 aromatic carbocycles. The Labute approximate surface area is 126 Å². The first-order valence-electron chi connectivity index (χ1n) is 6.89. The Balaban J connectivity index is 1.93. The zero-order chi connectivity index (χ0) is 14.5. The van der Waals surface area contributed by atoms with Gasteiger partial charge >= 0.3 is 0 Å². The molecule has 2 saturated heterocycles. The summed E-state index contributed by atoms with van der Waals surface area (Å²) in [5.74, 6) is 0.491. The second kappa shape index (κ2) is 4.81. The molecule has 0 aliphatic carbocycles. The topological polar surface area (TPSA) is 32.3 Å². The number of amides is 1. The van der Waals surface area contributed by atoms with E-state index in [1.165, 1.54) is 6.07 Å². The Morgan fingerprint density at radius 3 is 2.90 bits per heavy atom. The first-order valence-corrected chi connectivity index (χ1v) is 7.69. The highest BCUT2D eigenvalue weighted by molar-refractivity contribution is 9.10. The fourth-order valence-corrected chi connectivity index (χ4v) is 4.01. The molecule has 0 radical (unpaired) electrons. The number of rotatable bonds is 1. The molecule has 0 aromatic heterocycles. The van der Waals surface area contributed by atoms with E-state index in [4.69, 9.17) is 0 Å². The van der Waals surface area contributed by atoms with Crippen molar-refractivity contribution in [2.45, 2.75) is 19.4 Å². The van der Waals surface area contributed by atoms with Crippen LogP contribution >= 0.6 is 15.9 Å². The SMILES string of the molecule is CC1(C)C2CNCC2CN1C(=O)c1cccc(F)c1Br. The molecular formula is C15H18BrFN2O. The van der Waals surface area contributed by atoms with Crippen LogP contribution in [0.4, 0.5) is 4.39 Å². The fraction of sp³-hybridized carbons (Fsp3) is 0.533. The van der Waals surface area contributed by atoms with Gasteiger partial charge in [0.2, 0.25) is 0 Å². The molecule has 0 saturated carbocycles. The summed E-state index contributed by atoms with van der Waals surface area (Å²) >= 11 is 3.19. The van der Waals surface area contributed by atoms with Crippen LogP contribution in [0.1, 0.15) is 24.2 Å². The maximum absolute atomic E-state index is 13.6. The zero-order valence-corrected chi connectivity index (χ0v) is 13.2. The second-order valence-corrected chi connectivity index (χ2v) is 6.99. The molecule has 108 valence electrons. The molecular weight excluding hydrogens is 323 g/mol. The molecule has 0 spiro atoms. The molecule has 3 rings (SSSR count). The first-order chi connectivity index (χ1) is 9.43. The number of carbonyl (C=O) groups excluding carboxylic acids is 1. The molecule has 1 N–H and O–H groups in total. The van der Waals surface area contributed by atoms with Gasteiger partial charge in [0.05, 0.1) is 10.0 Å². The quantitative estimate of drug-likeness (QED) is 0.852. The van der Waals surface area contributed by atoms with Crippen LogP contribution in [0.15, 0.2) is 22.7 Å². The van der Waals surface area contributed by atoms with Crippen LogP contribution < -0.4 is 5.32 Å². The van der Waals surface area contributed by atoms with E-state index >= 15 is 0 Å². The van der Waals surface area contributed by atoms with Crippen LogP contribution in [0.5, 0.6) is 0 Å². The summed E-state index contributed by atoms with van der Waals surface area (Å²) in [7, 11) is 0. The van der Waals surface area contributed by atoms with Gasteiger partial charge in [0.25, 0.3) is 5.91 Å². The van der Waals surface area contributed by atoms with E-state index in [0.717, 1.165) is 19.6 Å². The number of halogens is 2. The van der Waals surface area contributed by atoms with Gasteiger partial charge in [-0.2, -0.15) is 0 Å². The lowest BCUT2D eigenvalue weighted by molar-refractivity contribution is 0.0602. The van der Waals surface area contributed by atoms with Gasteiger partial charge in [0.1, 0.15) is 5.82 Å². The predicted molar refractivity (Wildman–Crippen MR) is 79.1 cm³/mol. The van der Waals surface area contributed by atoms with Crippen molar-refractivity contribution in [2.75, 3.05) is 19.6 Å². The maximum Gasteiger partial charge on any atom is 0.255 e. The summed E-state index contributed by atoms with van der Waals surface area (Å²) in [4.78, 5) is 14.7. The van der Waals surface area contributed by atoms with E-state index in [1.54, 1.807) is 12.1 Å². The average molecular weight is 341 g/mol. The molecule has 1 aromatic rings. The predicted octanol–water partition coefficient (Wildman–Crippen LogP) is 2.66. The van der Waals surface area contributed by atoms with Crippen molar-refractivity contribution < 1.29 is 9.18 Å². The highest BCUT2D eigenvalue weighted by Crippen LogP contribution is 2.41. The molecule has 2 aliphatic rings. The molecule has 1 amide bonds. The Hall–Kier alpha value is -0.940. The van der Waals surface area contributed by atoms with Gasteiger partial charge in [0.15, 0.2) is 0 Å². The van der Waals surface area contributed by atoms with Crippen LogP contribution in [-0.4, -0.2) is 36.0 Å². The molecule has 2 heterocycles. The fourth-order valence-electron chi connectivity index (χ4n) is 3.58. The van der Waals surface area contributed by atoms with Gasteiger partial charge < -0.3 is 10.2 Å². The molecule has 2 aliphatic heterocycles. The monoisotopic (exact) mass is 340 g/mol. The molecule has 5 heteroatoms. The summed E-state index contributed by atoms with van der Waals surface area (Å²) in [6.45, 7) is 6.87. The van der Waals surface area contributed by atoms with E-state index in [0.29, 0.717) is 17.4 Å². The zero-order valence-electron chi connectivity index (χ0n) is 11.6. The van der Waals surface area contributed by atoms with Crippen molar-refractivity contribution in [2.24, 2.45) is 11.8 Å². The van der Waals surface area contributed by atoms with E-state index in [2.05, 4.69) is 35.1 Å². The van der Waals surface area contributed by atoms with Crippen LogP contribution in [-0.2, 0) is 0 Å². The third-order valence-electron chi connectivity index (χ3n) is 4.79. The van der Waals surface area contributed by atoms with Crippen molar-refractivity contribution in [3.63, 3.8) is 0 Å². The highest BCUT2D eigenvalue weighted by atomic mass is 79.9. The second-order valence-electron chi connectivity index (χ2n) is 6.20. The lowest BCUT2D eigenvalue weighted by Crippen LogP contribution is -2.47. The standard InChI is InChI=1S/C15H18BrFN2O/c1-15(2)11-7-18-6-9(11)8-19(15)14(20)10-4-3-5-12(17)13(10)16/h3-5,9,11,18H,6-8H2,1-2H3. The van der Waals surface area contributed by atoms with Gasteiger partial charge in [0, 0.05) is 25.2 Å². The number of nitrogens with zero attached hydrogens (tertiary/aromatic N) is 1. The number of likely N-dealkylation sites (tertiary alicyclic amines) is 1. The third-order valence-corrected chi connectivity index (χ3v) is 5.59. The smallest absolute Gasteiger partial charge is 0.255 e. The maximum atomic E-state index is 13.6. The molecule has 20 heavy (non-hydrogen) atoms. The minimum atomic E-state index is -0.394. The van der Waals surface area contributed by atoms with Gasteiger partial charge in [-0.3, -0.25) is 4.79 Å². The Kier molecular flexibility index (Phi) is 3.37. The highest BCUT2D eigenvalue weighted by Gasteiger charge is 2.51. The number of benzene rings is 1. The van der Waals surface area contributed by atoms with Crippen LogP contribution in [0.3, 0.4) is 0 Å². The van der Waals surface area contributed by atoms with Crippen molar-refractivity contribution in [3.8, 4) is 0 Å². The number of nitrogens with one attached hydrogen (secondary N) is 1. The summed E-state index contributed by atoms with van der Waals surface area (Å²) in [6.07, 6.45) is 0. The van der Waals surface area contributed by atoms with E-state index in [1.807, 2.05) is 4.90 Å². The lowest BCUT2D eigenvalue weighted by atomic mass is 9.84. The molecule has 2 fully saturated rings. The molecule has 3 nitrogen and oxygen atoms in total. The van der Waals surface area contributed by atoms with E-state index in [-0.39, 0.29) is 15.9 Å². The van der Waals surface area contributed by atoms with Crippen molar-refractivity contribution in [1.29, 1.82) is 0 Å². The lowest BCUT2D eigenvalue weighted by Gasteiger charge is -2.35. The van der Waals surface area contributed by atoms with Gasteiger partial charge in [-0.05, 0) is 53.7 Å². The largest absolute Gasteiger partial charge is 0.333 e. The van der Waals surface area contributed by atoms with Crippen LogP contribution in [0, 0.1) is 17.7 Å². The molecule has 2 atom stereocenters. The van der Waals surface area contributed by atoms with Crippen molar-refractivity contribution >= 4 is 21.8 Å². The third kappa shape index (κ3) is 1.99. The number of carbonyl (C=O) groups is 1. The van der Waals surface area contributed by atoms with Crippen LogP contribution in [0.25, 0.3) is 0 Å². The van der Waals surface area contributed by atoms with E-state index < -0.39 is 5.82 Å². The minimum absolute atomic E-state index is 0.0872. The van der Waals surface area contributed by atoms with Crippen molar-refractivity contribution in [3.05, 3.63) is 34.1 Å². The van der Waals surface area contributed by atoms with E-state index in [9.17, 15) is 9.18 Å². The van der Waals surface area contributed by atoms with Gasteiger partial charge in [-0.15, -0.1) is 0 Å². The summed E-state index contributed by atoms with van der Waals surface area (Å²) in [5, 5.41) is 3.39. The Morgan fingerprint density at radius 2 is 2.20 bits per heavy atom. The number of hydrogen-bond acceptors (Lipinski definition) is 2. The summed E-state index contributed by atoms with van der Waals surface area (Å²) < 4.78 is 13.9. The number of fused-ring (bicyclic) bond motifs is 1. The Bertz CT molecular complexity index is 561. The van der Waals surface area contributed by atoms with Gasteiger partial charge in [-0.25, -0.2) is 4.39 Å². The Morgan fingerprint density at radius 1 is 1.45 bits per heavy atom. The molecule has 2 unspecified atom stereocenters. The van der Waals surface area contributed by atoms with Crippen molar-refractivity contribution in [1.82, 2.24) is 10.2 Å². The minimum Gasteiger partial charge on any atom is -0.333 e. The normalized spacial score (nSPS) is 27.7. The summed E-state index contributed by atoms with van der Waals surface area (Å²) in [5.41, 5.74) is 0.211. The molecule has 0 bridgehead atoms. The number of hydrogen-bond donors (Lipinski definition) is 1. The summed E-state index contributed by atoms with van der Waals surface area (Å²) in [6, 6.07) is 4.62. The van der Waals surface area contributed by atoms with Gasteiger partial charge in [-0.1, -0.05) is 6.07 Å². The first kappa shape index (κ1) is 14.0.